The molecule has 0 spiro atoms. The van der Waals surface area contributed by atoms with Crippen molar-refractivity contribution in [1.82, 2.24) is 20.2 Å². The predicted octanol–water partition coefficient (Wildman–Crippen LogP) is 2.43. The zero-order chi connectivity index (χ0) is 13.8. The van der Waals surface area contributed by atoms with Gasteiger partial charge < -0.3 is 10.3 Å². The Balaban J connectivity index is 1.83. The van der Waals surface area contributed by atoms with Gasteiger partial charge in [0.2, 0.25) is 0 Å². The molecule has 1 aliphatic heterocycles. The van der Waals surface area contributed by atoms with Crippen LogP contribution in [0.15, 0.2) is 36.5 Å². The predicted molar refractivity (Wildman–Crippen MR) is 81.5 cm³/mol. The van der Waals surface area contributed by atoms with Crippen LogP contribution in [0.25, 0.3) is 11.4 Å². The molecule has 1 aliphatic rings. The van der Waals surface area contributed by atoms with Crippen LogP contribution < -0.4 is 5.32 Å². The number of hydrogen-bond donors (Lipinski definition) is 2. The van der Waals surface area contributed by atoms with Gasteiger partial charge in [0.25, 0.3) is 0 Å². The van der Waals surface area contributed by atoms with E-state index in [9.17, 15) is 0 Å². The van der Waals surface area contributed by atoms with Crippen molar-refractivity contribution in [2.45, 2.75) is 18.9 Å². The standard InChI is InChI=1S/C16H22N4/c1-17-12-15(20-9-5-6-10-20)14-11-18-16(19-14)13-7-3-2-4-8-13/h2-4,7-8,11,15,17H,5-6,9-10,12H2,1H3,(H,18,19). The van der Waals surface area contributed by atoms with Crippen LogP contribution in [0.2, 0.25) is 0 Å². The summed E-state index contributed by atoms with van der Waals surface area (Å²) >= 11 is 0. The van der Waals surface area contributed by atoms with Crippen LogP contribution in [-0.4, -0.2) is 41.5 Å². The number of imidazole rings is 1. The molecule has 2 heterocycles. The second-order valence-electron chi connectivity index (χ2n) is 5.37. The van der Waals surface area contributed by atoms with Gasteiger partial charge in [-0.15, -0.1) is 0 Å². The van der Waals surface area contributed by atoms with E-state index in [4.69, 9.17) is 0 Å². The molecule has 2 aromatic rings. The van der Waals surface area contributed by atoms with Gasteiger partial charge in [0, 0.05) is 12.1 Å². The molecular weight excluding hydrogens is 248 g/mol. The smallest absolute Gasteiger partial charge is 0.137 e. The van der Waals surface area contributed by atoms with Crippen LogP contribution in [0.1, 0.15) is 24.6 Å². The first-order valence-electron chi connectivity index (χ1n) is 7.37. The van der Waals surface area contributed by atoms with Crippen LogP contribution in [0.3, 0.4) is 0 Å². The molecule has 2 N–H and O–H groups in total. The van der Waals surface area contributed by atoms with Crippen molar-refractivity contribution in [3.63, 3.8) is 0 Å². The number of nitrogens with zero attached hydrogens (tertiary/aromatic N) is 2. The Kier molecular flexibility index (Phi) is 4.14. The SMILES string of the molecule is CNCC(c1cnc(-c2ccccc2)[nH]1)N1CCCC1. The minimum absolute atomic E-state index is 0.396. The molecule has 1 saturated heterocycles. The number of hydrogen-bond acceptors (Lipinski definition) is 3. The number of aromatic nitrogens is 2. The maximum Gasteiger partial charge on any atom is 0.137 e. The van der Waals surface area contributed by atoms with Gasteiger partial charge in [0.15, 0.2) is 0 Å². The molecule has 1 aromatic heterocycles. The van der Waals surface area contributed by atoms with E-state index in [0.717, 1.165) is 17.9 Å². The average Bonchev–Trinajstić information content (AvgIpc) is 3.17. The van der Waals surface area contributed by atoms with Crippen LogP contribution in [0.4, 0.5) is 0 Å². The highest BCUT2D eigenvalue weighted by molar-refractivity contribution is 5.54. The second kappa shape index (κ2) is 6.20. The summed E-state index contributed by atoms with van der Waals surface area (Å²) < 4.78 is 0. The minimum Gasteiger partial charge on any atom is -0.341 e. The van der Waals surface area contributed by atoms with Crippen molar-refractivity contribution in [1.29, 1.82) is 0 Å². The van der Waals surface area contributed by atoms with E-state index in [1.54, 1.807) is 0 Å². The van der Waals surface area contributed by atoms with Crippen LogP contribution in [-0.2, 0) is 0 Å². The Hall–Kier alpha value is -1.65. The third-order valence-electron chi connectivity index (χ3n) is 3.98. The molecule has 106 valence electrons. The van der Waals surface area contributed by atoms with Gasteiger partial charge in [0.05, 0.1) is 17.9 Å². The van der Waals surface area contributed by atoms with Crippen molar-refractivity contribution < 1.29 is 0 Å². The fraction of sp³-hybridized carbons (Fsp3) is 0.438. The van der Waals surface area contributed by atoms with Gasteiger partial charge in [-0.2, -0.15) is 0 Å². The largest absolute Gasteiger partial charge is 0.341 e. The zero-order valence-corrected chi connectivity index (χ0v) is 12.0. The number of likely N-dealkylation sites (N-methyl/N-ethyl adjacent to an activating group) is 1. The number of rotatable bonds is 5. The van der Waals surface area contributed by atoms with Gasteiger partial charge in [0.1, 0.15) is 5.82 Å². The molecule has 1 aromatic carbocycles. The van der Waals surface area contributed by atoms with Crippen molar-refractivity contribution in [3.05, 3.63) is 42.2 Å². The number of nitrogens with one attached hydrogen (secondary N) is 2. The Morgan fingerprint density at radius 1 is 1.25 bits per heavy atom. The van der Waals surface area contributed by atoms with Crippen molar-refractivity contribution >= 4 is 0 Å². The molecule has 1 unspecified atom stereocenters. The lowest BCUT2D eigenvalue weighted by atomic mass is 10.2. The monoisotopic (exact) mass is 270 g/mol. The summed E-state index contributed by atoms with van der Waals surface area (Å²) in [6.07, 6.45) is 4.60. The zero-order valence-electron chi connectivity index (χ0n) is 12.0. The van der Waals surface area contributed by atoms with Crippen LogP contribution in [0.5, 0.6) is 0 Å². The summed E-state index contributed by atoms with van der Waals surface area (Å²) in [6, 6.07) is 10.7. The maximum absolute atomic E-state index is 4.55. The van der Waals surface area contributed by atoms with Gasteiger partial charge >= 0.3 is 0 Å². The lowest BCUT2D eigenvalue weighted by Gasteiger charge is -2.26. The highest BCUT2D eigenvalue weighted by Crippen LogP contribution is 2.25. The molecule has 0 radical (unpaired) electrons. The number of H-pyrrole nitrogens is 1. The normalized spacial score (nSPS) is 17.4. The molecule has 0 amide bonds. The van der Waals surface area contributed by atoms with E-state index in [0.29, 0.717) is 6.04 Å². The van der Waals surface area contributed by atoms with Crippen molar-refractivity contribution in [3.8, 4) is 11.4 Å². The molecule has 0 saturated carbocycles. The average molecular weight is 270 g/mol. The third-order valence-corrected chi connectivity index (χ3v) is 3.98. The van der Waals surface area contributed by atoms with Crippen molar-refractivity contribution in [2.24, 2.45) is 0 Å². The minimum atomic E-state index is 0.396. The van der Waals surface area contributed by atoms with Crippen molar-refractivity contribution in [2.75, 3.05) is 26.7 Å². The second-order valence-corrected chi connectivity index (χ2v) is 5.37. The number of aromatic amines is 1. The first kappa shape index (κ1) is 13.3. The van der Waals surface area contributed by atoms with E-state index >= 15 is 0 Å². The fourth-order valence-corrected chi connectivity index (χ4v) is 2.93. The first-order chi connectivity index (χ1) is 9.88. The number of likely N-dealkylation sites (tertiary alicyclic amines) is 1. The van der Waals surface area contributed by atoms with E-state index in [1.165, 1.54) is 31.6 Å². The highest BCUT2D eigenvalue weighted by atomic mass is 15.2. The summed E-state index contributed by atoms with van der Waals surface area (Å²) in [5.74, 6) is 0.959. The molecule has 0 aliphatic carbocycles. The summed E-state index contributed by atoms with van der Waals surface area (Å²) in [5.41, 5.74) is 2.35. The highest BCUT2D eigenvalue weighted by Gasteiger charge is 2.24. The topological polar surface area (TPSA) is 44.0 Å². The third kappa shape index (κ3) is 2.76. The van der Waals surface area contributed by atoms with E-state index < -0.39 is 0 Å². The van der Waals surface area contributed by atoms with Gasteiger partial charge in [-0.3, -0.25) is 4.90 Å². The lowest BCUT2D eigenvalue weighted by molar-refractivity contribution is 0.238. The molecule has 20 heavy (non-hydrogen) atoms. The quantitative estimate of drug-likeness (QED) is 0.877. The Bertz CT molecular complexity index is 528. The summed E-state index contributed by atoms with van der Waals surface area (Å²) in [7, 11) is 2.01. The van der Waals surface area contributed by atoms with Gasteiger partial charge in [-0.1, -0.05) is 30.3 Å². The molecule has 0 bridgehead atoms. The summed E-state index contributed by atoms with van der Waals surface area (Å²) in [6.45, 7) is 3.33. The summed E-state index contributed by atoms with van der Waals surface area (Å²) in [5, 5.41) is 3.30. The Labute approximate surface area is 120 Å². The van der Waals surface area contributed by atoms with Crippen LogP contribution >= 0.6 is 0 Å². The lowest BCUT2D eigenvalue weighted by Crippen LogP contribution is -2.33. The first-order valence-corrected chi connectivity index (χ1v) is 7.37. The van der Waals surface area contributed by atoms with Crippen LogP contribution in [0, 0.1) is 0 Å². The molecule has 1 atom stereocenters. The Morgan fingerprint density at radius 2 is 2.00 bits per heavy atom. The number of benzene rings is 1. The van der Waals surface area contributed by atoms with E-state index in [2.05, 4.69) is 32.3 Å². The summed E-state index contributed by atoms with van der Waals surface area (Å²) in [4.78, 5) is 10.6. The Morgan fingerprint density at radius 3 is 2.70 bits per heavy atom. The van der Waals surface area contributed by atoms with E-state index in [1.807, 2.05) is 31.4 Å². The fourth-order valence-electron chi connectivity index (χ4n) is 2.93. The van der Waals surface area contributed by atoms with E-state index in [-0.39, 0.29) is 0 Å². The van der Waals surface area contributed by atoms with Gasteiger partial charge in [-0.05, 0) is 33.0 Å². The molecule has 4 nitrogen and oxygen atoms in total. The molecular formula is C16H22N4. The molecule has 3 rings (SSSR count). The molecule has 4 heteroatoms. The van der Waals surface area contributed by atoms with Gasteiger partial charge in [-0.25, -0.2) is 4.98 Å². The molecule has 1 fully saturated rings. The maximum atomic E-state index is 4.55.